The Balaban J connectivity index is 1.57. The molecular formula is C21H21FN2O. The van der Waals surface area contributed by atoms with Gasteiger partial charge in [0.05, 0.1) is 6.04 Å². The van der Waals surface area contributed by atoms with Crippen molar-refractivity contribution in [1.82, 2.24) is 10.6 Å². The molecule has 2 N–H and O–H groups in total. The highest BCUT2D eigenvalue weighted by molar-refractivity contribution is 5.86. The predicted octanol–water partition coefficient (Wildman–Crippen LogP) is 4.58. The Morgan fingerprint density at radius 2 is 1.80 bits per heavy atom. The van der Waals surface area contributed by atoms with Crippen LogP contribution in [0.15, 0.2) is 66.7 Å². The Labute approximate surface area is 146 Å². The van der Waals surface area contributed by atoms with Crippen LogP contribution in [0.4, 0.5) is 9.18 Å². The molecular weight excluding hydrogens is 315 g/mol. The maximum atomic E-state index is 13.1. The van der Waals surface area contributed by atoms with Crippen LogP contribution in [-0.2, 0) is 6.42 Å². The number of urea groups is 1. The number of amides is 2. The molecule has 3 rings (SSSR count). The van der Waals surface area contributed by atoms with Crippen molar-refractivity contribution in [1.29, 1.82) is 0 Å². The van der Waals surface area contributed by atoms with Gasteiger partial charge in [-0.15, -0.1) is 0 Å². The normalized spacial score (nSPS) is 11.9. The van der Waals surface area contributed by atoms with Gasteiger partial charge in [-0.1, -0.05) is 54.6 Å². The number of hydrogen-bond acceptors (Lipinski definition) is 1. The average molecular weight is 336 g/mol. The van der Waals surface area contributed by atoms with Gasteiger partial charge in [-0.2, -0.15) is 0 Å². The van der Waals surface area contributed by atoms with E-state index in [0.29, 0.717) is 13.0 Å². The smallest absolute Gasteiger partial charge is 0.315 e. The van der Waals surface area contributed by atoms with Gasteiger partial charge in [0.1, 0.15) is 5.82 Å². The molecule has 25 heavy (non-hydrogen) atoms. The molecule has 2 amide bonds. The van der Waals surface area contributed by atoms with Gasteiger partial charge in [0.25, 0.3) is 0 Å². The molecule has 4 heteroatoms. The van der Waals surface area contributed by atoms with E-state index in [2.05, 4.69) is 28.8 Å². The van der Waals surface area contributed by atoms with E-state index in [-0.39, 0.29) is 17.9 Å². The Morgan fingerprint density at radius 1 is 1.04 bits per heavy atom. The van der Waals surface area contributed by atoms with Crippen molar-refractivity contribution >= 4 is 16.8 Å². The SMILES string of the molecule is CC(NC(=O)NCCc1cccc(F)c1)c1cccc2ccccc12. The van der Waals surface area contributed by atoms with E-state index < -0.39 is 0 Å². The summed E-state index contributed by atoms with van der Waals surface area (Å²) in [5.41, 5.74) is 1.95. The maximum Gasteiger partial charge on any atom is 0.315 e. The summed E-state index contributed by atoms with van der Waals surface area (Å²) in [6.45, 7) is 2.42. The third-order valence-electron chi connectivity index (χ3n) is 4.23. The summed E-state index contributed by atoms with van der Waals surface area (Å²) in [6.07, 6.45) is 0.591. The van der Waals surface area contributed by atoms with Crippen LogP contribution in [0.25, 0.3) is 10.8 Å². The lowest BCUT2D eigenvalue weighted by Gasteiger charge is -2.17. The Kier molecular flexibility index (Phi) is 5.29. The van der Waals surface area contributed by atoms with Gasteiger partial charge in [-0.05, 0) is 47.4 Å². The number of rotatable bonds is 5. The van der Waals surface area contributed by atoms with Crippen LogP contribution in [0.1, 0.15) is 24.1 Å². The molecule has 0 heterocycles. The fourth-order valence-corrected chi connectivity index (χ4v) is 2.97. The van der Waals surface area contributed by atoms with E-state index in [9.17, 15) is 9.18 Å². The molecule has 0 radical (unpaired) electrons. The van der Waals surface area contributed by atoms with Crippen molar-refractivity contribution in [2.75, 3.05) is 6.54 Å². The first kappa shape index (κ1) is 17.0. The second-order valence-corrected chi connectivity index (χ2v) is 6.07. The largest absolute Gasteiger partial charge is 0.338 e. The van der Waals surface area contributed by atoms with Crippen molar-refractivity contribution in [3.05, 3.63) is 83.7 Å². The fourth-order valence-electron chi connectivity index (χ4n) is 2.97. The average Bonchev–Trinajstić information content (AvgIpc) is 2.61. The zero-order valence-electron chi connectivity index (χ0n) is 14.1. The van der Waals surface area contributed by atoms with Gasteiger partial charge < -0.3 is 10.6 Å². The molecule has 0 aliphatic heterocycles. The zero-order chi connectivity index (χ0) is 17.6. The number of carbonyl (C=O) groups is 1. The lowest BCUT2D eigenvalue weighted by Crippen LogP contribution is -2.38. The maximum absolute atomic E-state index is 13.1. The van der Waals surface area contributed by atoms with Gasteiger partial charge in [-0.25, -0.2) is 9.18 Å². The van der Waals surface area contributed by atoms with Crippen molar-refractivity contribution < 1.29 is 9.18 Å². The number of fused-ring (bicyclic) bond motifs is 1. The van der Waals surface area contributed by atoms with E-state index in [0.717, 1.165) is 21.9 Å². The van der Waals surface area contributed by atoms with Gasteiger partial charge in [-0.3, -0.25) is 0 Å². The molecule has 0 spiro atoms. The monoisotopic (exact) mass is 336 g/mol. The third kappa shape index (κ3) is 4.35. The Bertz CT molecular complexity index is 873. The van der Waals surface area contributed by atoms with Crippen LogP contribution in [-0.4, -0.2) is 12.6 Å². The molecule has 0 aromatic heterocycles. The number of halogens is 1. The summed E-state index contributed by atoms with van der Waals surface area (Å²) in [6, 6.07) is 20.3. The van der Waals surface area contributed by atoms with E-state index in [4.69, 9.17) is 0 Å². The summed E-state index contributed by atoms with van der Waals surface area (Å²) in [7, 11) is 0. The third-order valence-corrected chi connectivity index (χ3v) is 4.23. The number of carbonyl (C=O) groups excluding carboxylic acids is 1. The van der Waals surface area contributed by atoms with Gasteiger partial charge in [0.15, 0.2) is 0 Å². The highest BCUT2D eigenvalue weighted by atomic mass is 19.1. The van der Waals surface area contributed by atoms with Crippen LogP contribution < -0.4 is 10.6 Å². The Hall–Kier alpha value is -2.88. The second kappa shape index (κ2) is 7.79. The molecule has 0 aliphatic rings. The van der Waals surface area contributed by atoms with Gasteiger partial charge in [0, 0.05) is 6.54 Å². The van der Waals surface area contributed by atoms with Crippen molar-refractivity contribution in [2.24, 2.45) is 0 Å². The lowest BCUT2D eigenvalue weighted by atomic mass is 10.00. The van der Waals surface area contributed by atoms with Gasteiger partial charge >= 0.3 is 6.03 Å². The predicted molar refractivity (Wildman–Crippen MR) is 99.0 cm³/mol. The van der Waals surface area contributed by atoms with E-state index in [1.807, 2.05) is 37.3 Å². The Morgan fingerprint density at radius 3 is 2.64 bits per heavy atom. The minimum atomic E-state index is -0.258. The number of hydrogen-bond donors (Lipinski definition) is 2. The fraction of sp³-hybridized carbons (Fsp3) is 0.190. The van der Waals surface area contributed by atoms with Gasteiger partial charge in [0.2, 0.25) is 0 Å². The molecule has 3 aromatic rings. The summed E-state index contributed by atoms with van der Waals surface area (Å²) < 4.78 is 13.1. The minimum Gasteiger partial charge on any atom is -0.338 e. The summed E-state index contributed by atoms with van der Waals surface area (Å²) >= 11 is 0. The summed E-state index contributed by atoms with van der Waals surface area (Å²) in [4.78, 5) is 12.1. The highest BCUT2D eigenvalue weighted by Crippen LogP contribution is 2.23. The molecule has 0 fully saturated rings. The molecule has 0 bridgehead atoms. The van der Waals surface area contributed by atoms with Crippen LogP contribution in [0.2, 0.25) is 0 Å². The second-order valence-electron chi connectivity index (χ2n) is 6.07. The summed E-state index contributed by atoms with van der Waals surface area (Å²) in [5, 5.41) is 8.08. The van der Waals surface area contributed by atoms with Crippen LogP contribution in [0.5, 0.6) is 0 Å². The van der Waals surface area contributed by atoms with E-state index >= 15 is 0 Å². The lowest BCUT2D eigenvalue weighted by molar-refractivity contribution is 0.238. The molecule has 1 unspecified atom stereocenters. The summed E-state index contributed by atoms with van der Waals surface area (Å²) in [5.74, 6) is -0.258. The highest BCUT2D eigenvalue weighted by Gasteiger charge is 2.11. The first-order valence-corrected chi connectivity index (χ1v) is 8.40. The molecule has 3 aromatic carbocycles. The first-order valence-electron chi connectivity index (χ1n) is 8.40. The minimum absolute atomic E-state index is 0.111. The number of benzene rings is 3. The van der Waals surface area contributed by atoms with Crippen LogP contribution in [0, 0.1) is 5.82 Å². The molecule has 1 atom stereocenters. The van der Waals surface area contributed by atoms with Crippen molar-refractivity contribution in [2.45, 2.75) is 19.4 Å². The van der Waals surface area contributed by atoms with Crippen molar-refractivity contribution in [3.63, 3.8) is 0 Å². The van der Waals surface area contributed by atoms with E-state index in [1.54, 1.807) is 6.07 Å². The molecule has 0 saturated heterocycles. The molecule has 0 saturated carbocycles. The van der Waals surface area contributed by atoms with Crippen molar-refractivity contribution in [3.8, 4) is 0 Å². The van der Waals surface area contributed by atoms with Crippen LogP contribution in [0.3, 0.4) is 0 Å². The molecule has 128 valence electrons. The van der Waals surface area contributed by atoms with Crippen LogP contribution >= 0.6 is 0 Å². The first-order chi connectivity index (χ1) is 12.1. The van der Waals surface area contributed by atoms with E-state index in [1.165, 1.54) is 12.1 Å². The molecule has 0 aliphatic carbocycles. The zero-order valence-corrected chi connectivity index (χ0v) is 14.1. The standard InChI is InChI=1S/C21H21FN2O/c1-15(19-11-5-8-17-7-2-3-10-20(17)19)24-21(25)23-13-12-16-6-4-9-18(22)14-16/h2-11,14-15H,12-13H2,1H3,(H2,23,24,25). The number of nitrogens with one attached hydrogen (secondary N) is 2. The molecule has 3 nitrogen and oxygen atoms in total. The topological polar surface area (TPSA) is 41.1 Å². The quantitative estimate of drug-likeness (QED) is 0.703.